The van der Waals surface area contributed by atoms with E-state index in [0.717, 1.165) is 26.2 Å². The lowest BCUT2D eigenvalue weighted by molar-refractivity contribution is 0.193. The van der Waals surface area contributed by atoms with Crippen molar-refractivity contribution in [3.05, 3.63) is 24.3 Å². The zero-order valence-electron chi connectivity index (χ0n) is 11.6. The fraction of sp³-hybridized carbons (Fsp3) is 0.571. The number of anilines is 1. The van der Waals surface area contributed by atoms with E-state index in [9.17, 15) is 5.11 Å². The van der Waals surface area contributed by atoms with Crippen molar-refractivity contribution < 1.29 is 5.11 Å². The highest BCUT2D eigenvalue weighted by Gasteiger charge is 2.19. The van der Waals surface area contributed by atoms with Crippen LogP contribution in [0.3, 0.4) is 0 Å². The van der Waals surface area contributed by atoms with Gasteiger partial charge in [0.15, 0.2) is 0 Å². The zero-order chi connectivity index (χ0) is 12.3. The minimum Gasteiger partial charge on any atom is -0.508 e. The Balaban J connectivity index is 0.00000162. The number of aromatic hydroxyl groups is 1. The molecule has 5 heteroatoms. The van der Waals surface area contributed by atoms with Crippen LogP contribution in [-0.4, -0.2) is 42.2 Å². The minimum atomic E-state index is 0. The molecule has 0 amide bonds. The maximum Gasteiger partial charge on any atom is 0.115 e. The van der Waals surface area contributed by atoms with Gasteiger partial charge in [-0.15, -0.1) is 34.0 Å². The van der Waals surface area contributed by atoms with Crippen molar-refractivity contribution >= 4 is 39.7 Å². The molecule has 1 aromatic carbocycles. The Hall–Kier alpha value is -0.260. The van der Waals surface area contributed by atoms with Gasteiger partial charge in [0.05, 0.1) is 0 Å². The number of phenols is 1. The maximum atomic E-state index is 9.28. The number of hydrogen-bond acceptors (Lipinski definition) is 3. The molecule has 1 fully saturated rings. The summed E-state index contributed by atoms with van der Waals surface area (Å²) < 4.78 is 0. The Morgan fingerprint density at radius 3 is 2.05 bits per heavy atom. The number of hydrogen-bond donors (Lipinski definition) is 1. The first kappa shape index (κ1) is 18.7. The lowest BCUT2D eigenvalue weighted by Crippen LogP contribution is -2.49. The molecule has 0 radical (unpaired) electrons. The highest BCUT2D eigenvalue weighted by atomic mass is 79.9. The first-order valence-electron chi connectivity index (χ1n) is 6.48. The van der Waals surface area contributed by atoms with Crippen LogP contribution in [0.1, 0.15) is 20.3 Å². The number of piperazine rings is 1. The lowest BCUT2D eigenvalue weighted by atomic mass is 10.1. The Morgan fingerprint density at radius 1 is 1.05 bits per heavy atom. The maximum absolute atomic E-state index is 9.28. The van der Waals surface area contributed by atoms with E-state index >= 15 is 0 Å². The van der Waals surface area contributed by atoms with Gasteiger partial charge in [-0.1, -0.05) is 6.92 Å². The quantitative estimate of drug-likeness (QED) is 0.848. The smallest absolute Gasteiger partial charge is 0.115 e. The summed E-state index contributed by atoms with van der Waals surface area (Å²) in [6.45, 7) is 8.98. The second-order valence-electron chi connectivity index (χ2n) is 4.80. The molecule has 19 heavy (non-hydrogen) atoms. The first-order chi connectivity index (χ1) is 8.20. The summed E-state index contributed by atoms with van der Waals surface area (Å²) in [5.41, 5.74) is 1.21. The van der Waals surface area contributed by atoms with Crippen LogP contribution < -0.4 is 4.90 Å². The molecule has 1 N–H and O–H groups in total. The van der Waals surface area contributed by atoms with Gasteiger partial charge in [-0.05, 0) is 37.6 Å². The molecule has 1 aromatic rings. The van der Waals surface area contributed by atoms with E-state index in [0.29, 0.717) is 11.8 Å². The van der Waals surface area contributed by atoms with Crippen molar-refractivity contribution in [1.29, 1.82) is 0 Å². The molecule has 110 valence electrons. The molecule has 1 atom stereocenters. The molecular weight excluding hydrogens is 372 g/mol. The van der Waals surface area contributed by atoms with Crippen LogP contribution >= 0.6 is 34.0 Å². The summed E-state index contributed by atoms with van der Waals surface area (Å²) in [6, 6.07) is 8.20. The zero-order valence-corrected chi connectivity index (χ0v) is 15.0. The molecule has 0 saturated carbocycles. The summed E-state index contributed by atoms with van der Waals surface area (Å²) in [4.78, 5) is 4.94. The second-order valence-corrected chi connectivity index (χ2v) is 4.80. The van der Waals surface area contributed by atoms with E-state index in [4.69, 9.17) is 0 Å². The van der Waals surface area contributed by atoms with Crippen LogP contribution in [0.25, 0.3) is 0 Å². The monoisotopic (exact) mass is 394 g/mol. The van der Waals surface area contributed by atoms with E-state index < -0.39 is 0 Å². The molecule has 1 aliphatic heterocycles. The van der Waals surface area contributed by atoms with Crippen LogP contribution in [0.4, 0.5) is 5.69 Å². The molecule has 1 aliphatic rings. The van der Waals surface area contributed by atoms with E-state index in [1.807, 2.05) is 12.1 Å². The highest BCUT2D eigenvalue weighted by Crippen LogP contribution is 2.20. The third kappa shape index (κ3) is 4.97. The van der Waals surface area contributed by atoms with E-state index in [1.165, 1.54) is 12.1 Å². The van der Waals surface area contributed by atoms with E-state index in [-0.39, 0.29) is 34.0 Å². The van der Waals surface area contributed by atoms with Gasteiger partial charge in [0.25, 0.3) is 0 Å². The van der Waals surface area contributed by atoms with Crippen molar-refractivity contribution in [2.75, 3.05) is 31.1 Å². The number of phenolic OH excluding ortho intramolecular Hbond substituents is 1. The number of halogens is 2. The summed E-state index contributed by atoms with van der Waals surface area (Å²) in [7, 11) is 0. The molecule has 3 nitrogen and oxygen atoms in total. The normalized spacial score (nSPS) is 17.3. The third-order valence-electron chi connectivity index (χ3n) is 3.74. The van der Waals surface area contributed by atoms with Gasteiger partial charge in [-0.25, -0.2) is 0 Å². The molecule has 0 bridgehead atoms. The van der Waals surface area contributed by atoms with Crippen LogP contribution in [0, 0.1) is 0 Å². The lowest BCUT2D eigenvalue weighted by Gasteiger charge is -2.39. The van der Waals surface area contributed by atoms with Crippen LogP contribution in [-0.2, 0) is 0 Å². The Labute approximate surface area is 137 Å². The Kier molecular flexibility index (Phi) is 8.70. The molecule has 0 spiro atoms. The van der Waals surface area contributed by atoms with Crippen LogP contribution in [0.5, 0.6) is 5.75 Å². The second kappa shape index (κ2) is 8.82. The molecule has 1 unspecified atom stereocenters. The average Bonchev–Trinajstić information content (AvgIpc) is 2.39. The van der Waals surface area contributed by atoms with Crippen molar-refractivity contribution in [1.82, 2.24) is 4.90 Å². The van der Waals surface area contributed by atoms with Crippen molar-refractivity contribution in [3.8, 4) is 5.75 Å². The van der Waals surface area contributed by atoms with Crippen molar-refractivity contribution in [2.45, 2.75) is 26.3 Å². The topological polar surface area (TPSA) is 26.7 Å². The predicted molar refractivity (Wildman–Crippen MR) is 92.3 cm³/mol. The van der Waals surface area contributed by atoms with Crippen molar-refractivity contribution in [3.63, 3.8) is 0 Å². The summed E-state index contributed by atoms with van der Waals surface area (Å²) in [6.07, 6.45) is 1.22. The van der Waals surface area contributed by atoms with Gasteiger partial charge < -0.3 is 10.0 Å². The average molecular weight is 396 g/mol. The molecular formula is C14H24Br2N2O. The predicted octanol–water partition coefficient (Wildman–Crippen LogP) is 3.47. The largest absolute Gasteiger partial charge is 0.508 e. The number of rotatable bonds is 3. The Bertz CT molecular complexity index is 351. The summed E-state index contributed by atoms with van der Waals surface area (Å²) in [5, 5.41) is 9.28. The van der Waals surface area contributed by atoms with E-state index in [1.54, 1.807) is 12.1 Å². The summed E-state index contributed by atoms with van der Waals surface area (Å²) >= 11 is 0. The first-order valence-corrected chi connectivity index (χ1v) is 6.48. The van der Waals surface area contributed by atoms with Gasteiger partial charge in [0, 0.05) is 37.9 Å². The standard InChI is InChI=1S/C14H22N2O.2BrH/c1-3-12(2)15-8-10-16(11-9-15)13-4-6-14(17)7-5-13;;/h4-7,12,17H,3,8-11H2,1-2H3;2*1H. The van der Waals surface area contributed by atoms with Crippen LogP contribution in [0.15, 0.2) is 24.3 Å². The SMILES string of the molecule is Br.Br.CCC(C)N1CCN(c2ccc(O)cc2)CC1. The van der Waals surface area contributed by atoms with Crippen LogP contribution in [0.2, 0.25) is 0 Å². The summed E-state index contributed by atoms with van der Waals surface area (Å²) in [5.74, 6) is 0.340. The number of nitrogens with zero attached hydrogens (tertiary/aromatic N) is 2. The van der Waals surface area contributed by atoms with Gasteiger partial charge in [-0.2, -0.15) is 0 Å². The fourth-order valence-electron chi connectivity index (χ4n) is 2.34. The highest BCUT2D eigenvalue weighted by molar-refractivity contribution is 8.93. The van der Waals surface area contributed by atoms with Gasteiger partial charge in [0.1, 0.15) is 5.75 Å². The third-order valence-corrected chi connectivity index (χ3v) is 3.74. The molecule has 2 rings (SSSR count). The number of benzene rings is 1. The van der Waals surface area contributed by atoms with E-state index in [2.05, 4.69) is 23.6 Å². The molecule has 1 saturated heterocycles. The Morgan fingerprint density at radius 2 is 1.58 bits per heavy atom. The van der Waals surface area contributed by atoms with Gasteiger partial charge in [-0.3, -0.25) is 4.90 Å². The minimum absolute atomic E-state index is 0. The fourth-order valence-corrected chi connectivity index (χ4v) is 2.34. The molecule has 0 aliphatic carbocycles. The van der Waals surface area contributed by atoms with Crippen molar-refractivity contribution in [2.24, 2.45) is 0 Å². The van der Waals surface area contributed by atoms with Gasteiger partial charge in [0.2, 0.25) is 0 Å². The van der Waals surface area contributed by atoms with Gasteiger partial charge >= 0.3 is 0 Å². The molecule has 1 heterocycles. The molecule has 0 aromatic heterocycles.